The van der Waals surface area contributed by atoms with E-state index in [2.05, 4.69) is 4.98 Å². The second-order valence-corrected chi connectivity index (χ2v) is 7.92. The van der Waals surface area contributed by atoms with Crippen LogP contribution in [0.2, 0.25) is 0 Å². The van der Waals surface area contributed by atoms with Gasteiger partial charge in [0, 0.05) is 38.0 Å². The Kier molecular flexibility index (Phi) is 4.94. The van der Waals surface area contributed by atoms with Gasteiger partial charge in [-0.05, 0) is 38.8 Å². The summed E-state index contributed by atoms with van der Waals surface area (Å²) >= 11 is 1.53. The number of rotatable bonds is 3. The van der Waals surface area contributed by atoms with Crippen LogP contribution >= 0.6 is 11.3 Å². The van der Waals surface area contributed by atoms with Gasteiger partial charge in [0.25, 0.3) is 11.8 Å². The van der Waals surface area contributed by atoms with E-state index in [1.54, 1.807) is 21.0 Å². The van der Waals surface area contributed by atoms with E-state index in [0.717, 1.165) is 22.6 Å². The van der Waals surface area contributed by atoms with Gasteiger partial charge in [-0.15, -0.1) is 11.3 Å². The highest BCUT2D eigenvalue weighted by atomic mass is 32.1. The van der Waals surface area contributed by atoms with Gasteiger partial charge in [-0.25, -0.2) is 4.98 Å². The molecule has 1 aliphatic rings. The molecule has 134 valence electrons. The predicted molar refractivity (Wildman–Crippen MR) is 96.2 cm³/mol. The molecule has 0 unspecified atom stereocenters. The van der Waals surface area contributed by atoms with Crippen molar-refractivity contribution in [3.05, 3.63) is 39.2 Å². The van der Waals surface area contributed by atoms with E-state index in [-0.39, 0.29) is 17.7 Å². The van der Waals surface area contributed by atoms with Crippen LogP contribution < -0.4 is 0 Å². The summed E-state index contributed by atoms with van der Waals surface area (Å²) in [6.07, 6.45) is 1.59. The van der Waals surface area contributed by atoms with Crippen LogP contribution in [0.25, 0.3) is 0 Å². The van der Waals surface area contributed by atoms with Crippen LogP contribution in [0, 0.1) is 13.8 Å². The van der Waals surface area contributed by atoms with E-state index in [1.807, 2.05) is 24.0 Å². The fourth-order valence-corrected chi connectivity index (χ4v) is 3.87. The lowest BCUT2D eigenvalue weighted by Gasteiger charge is -2.30. The van der Waals surface area contributed by atoms with Crippen molar-refractivity contribution in [3.63, 3.8) is 0 Å². The van der Waals surface area contributed by atoms with E-state index in [1.165, 1.54) is 16.2 Å². The van der Waals surface area contributed by atoms with Gasteiger partial charge >= 0.3 is 0 Å². The first-order valence-corrected chi connectivity index (χ1v) is 9.23. The summed E-state index contributed by atoms with van der Waals surface area (Å²) in [5.41, 5.74) is 0.382. The van der Waals surface area contributed by atoms with Gasteiger partial charge in [0.1, 0.15) is 5.76 Å². The van der Waals surface area contributed by atoms with Crippen molar-refractivity contribution < 1.29 is 14.0 Å². The van der Waals surface area contributed by atoms with E-state index in [9.17, 15) is 9.59 Å². The van der Waals surface area contributed by atoms with Gasteiger partial charge in [0.15, 0.2) is 11.6 Å². The van der Waals surface area contributed by atoms with Crippen LogP contribution in [0.4, 0.5) is 0 Å². The SMILES string of the molecule is Cc1ccc(C(=O)N2CCC(c3nc(C(=O)N(C)C)c(C)o3)CC2)s1. The number of thiophene rings is 1. The molecule has 0 bridgehead atoms. The number of oxazole rings is 1. The monoisotopic (exact) mass is 361 g/mol. The Balaban J connectivity index is 1.65. The number of aryl methyl sites for hydroxylation is 2. The number of hydrogen-bond donors (Lipinski definition) is 0. The Morgan fingerprint density at radius 1 is 1.24 bits per heavy atom. The molecule has 1 saturated heterocycles. The third-order valence-electron chi connectivity index (χ3n) is 4.50. The lowest BCUT2D eigenvalue weighted by Crippen LogP contribution is -2.37. The number of carbonyl (C=O) groups excluding carboxylic acids is 2. The first-order chi connectivity index (χ1) is 11.9. The first-order valence-electron chi connectivity index (χ1n) is 8.41. The van der Waals surface area contributed by atoms with Gasteiger partial charge in [-0.3, -0.25) is 9.59 Å². The molecule has 1 fully saturated rings. The molecular formula is C18H23N3O3S. The van der Waals surface area contributed by atoms with Crippen LogP contribution in [0.1, 0.15) is 55.4 Å². The van der Waals surface area contributed by atoms with Crippen molar-refractivity contribution in [2.24, 2.45) is 0 Å². The minimum absolute atomic E-state index is 0.101. The third kappa shape index (κ3) is 3.61. The van der Waals surface area contributed by atoms with E-state index in [4.69, 9.17) is 4.42 Å². The summed E-state index contributed by atoms with van der Waals surface area (Å²) in [6, 6.07) is 3.87. The number of carbonyl (C=O) groups is 2. The van der Waals surface area contributed by atoms with Crippen molar-refractivity contribution in [2.75, 3.05) is 27.2 Å². The number of nitrogens with zero attached hydrogens (tertiary/aromatic N) is 3. The van der Waals surface area contributed by atoms with Crippen LogP contribution in [0.5, 0.6) is 0 Å². The maximum absolute atomic E-state index is 12.5. The topological polar surface area (TPSA) is 66.7 Å². The second-order valence-electron chi connectivity index (χ2n) is 6.63. The van der Waals surface area contributed by atoms with Gasteiger partial charge in [-0.1, -0.05) is 0 Å². The average molecular weight is 361 g/mol. The molecule has 2 amide bonds. The molecule has 0 saturated carbocycles. The third-order valence-corrected chi connectivity index (χ3v) is 5.49. The Morgan fingerprint density at radius 3 is 2.48 bits per heavy atom. The smallest absolute Gasteiger partial charge is 0.275 e. The Bertz CT molecular complexity index is 785. The summed E-state index contributed by atoms with van der Waals surface area (Å²) < 4.78 is 5.75. The number of piperidine rings is 1. The highest BCUT2D eigenvalue weighted by Crippen LogP contribution is 2.30. The summed E-state index contributed by atoms with van der Waals surface area (Å²) in [5.74, 6) is 1.27. The Morgan fingerprint density at radius 2 is 1.92 bits per heavy atom. The lowest BCUT2D eigenvalue weighted by atomic mass is 9.96. The Labute approximate surface area is 151 Å². The fourth-order valence-electron chi connectivity index (χ4n) is 3.04. The van der Waals surface area contributed by atoms with E-state index < -0.39 is 0 Å². The molecule has 25 heavy (non-hydrogen) atoms. The molecule has 1 aliphatic heterocycles. The number of amides is 2. The summed E-state index contributed by atoms with van der Waals surface area (Å²) in [5, 5.41) is 0. The molecular weight excluding hydrogens is 338 g/mol. The summed E-state index contributed by atoms with van der Waals surface area (Å²) in [6.45, 7) is 5.13. The molecule has 0 N–H and O–H groups in total. The molecule has 0 aliphatic carbocycles. The highest BCUT2D eigenvalue weighted by Gasteiger charge is 2.29. The fraction of sp³-hybridized carbons (Fsp3) is 0.500. The van der Waals surface area contributed by atoms with Crippen molar-refractivity contribution in [1.82, 2.24) is 14.8 Å². The largest absolute Gasteiger partial charge is 0.445 e. The van der Waals surface area contributed by atoms with Crippen LogP contribution in [-0.4, -0.2) is 53.8 Å². The first kappa shape index (κ1) is 17.7. The van der Waals surface area contributed by atoms with Crippen LogP contribution in [0.3, 0.4) is 0 Å². The zero-order chi connectivity index (χ0) is 18.1. The molecule has 0 atom stereocenters. The number of likely N-dealkylation sites (tertiary alicyclic amines) is 1. The molecule has 3 rings (SSSR count). The van der Waals surface area contributed by atoms with E-state index in [0.29, 0.717) is 30.4 Å². The standard InChI is InChI=1S/C18H23N3O3S/c1-11-5-6-14(25-11)17(22)21-9-7-13(8-10-21)16-19-15(12(2)24-16)18(23)20(3)4/h5-6,13H,7-10H2,1-4H3. The van der Waals surface area contributed by atoms with Crippen molar-refractivity contribution >= 4 is 23.2 Å². The molecule has 2 aromatic rings. The molecule has 0 spiro atoms. The molecule has 2 aromatic heterocycles. The Hall–Kier alpha value is -2.15. The molecule has 3 heterocycles. The van der Waals surface area contributed by atoms with Crippen molar-refractivity contribution in [2.45, 2.75) is 32.6 Å². The quantitative estimate of drug-likeness (QED) is 0.843. The normalized spacial score (nSPS) is 15.4. The number of hydrogen-bond acceptors (Lipinski definition) is 5. The lowest BCUT2D eigenvalue weighted by molar-refractivity contribution is 0.0710. The van der Waals surface area contributed by atoms with Crippen molar-refractivity contribution in [3.8, 4) is 0 Å². The molecule has 0 radical (unpaired) electrons. The van der Waals surface area contributed by atoms with Gasteiger partial charge in [-0.2, -0.15) is 0 Å². The zero-order valence-electron chi connectivity index (χ0n) is 15.0. The van der Waals surface area contributed by atoms with Crippen molar-refractivity contribution in [1.29, 1.82) is 0 Å². The van der Waals surface area contributed by atoms with E-state index >= 15 is 0 Å². The van der Waals surface area contributed by atoms with Gasteiger partial charge in [0.05, 0.1) is 4.88 Å². The molecule has 7 heteroatoms. The van der Waals surface area contributed by atoms with Crippen LogP contribution in [-0.2, 0) is 0 Å². The van der Waals surface area contributed by atoms with Gasteiger partial charge < -0.3 is 14.2 Å². The summed E-state index contributed by atoms with van der Waals surface area (Å²) in [7, 11) is 3.40. The number of aromatic nitrogens is 1. The minimum Gasteiger partial charge on any atom is -0.445 e. The molecule has 6 nitrogen and oxygen atoms in total. The highest BCUT2D eigenvalue weighted by molar-refractivity contribution is 7.13. The average Bonchev–Trinajstić information content (AvgIpc) is 3.19. The predicted octanol–water partition coefficient (Wildman–Crippen LogP) is 3.07. The maximum atomic E-state index is 12.5. The van der Waals surface area contributed by atoms with Crippen LogP contribution in [0.15, 0.2) is 16.5 Å². The molecule has 0 aromatic carbocycles. The van der Waals surface area contributed by atoms with Gasteiger partial charge in [0.2, 0.25) is 0 Å². The second kappa shape index (κ2) is 7.00. The minimum atomic E-state index is -0.145. The zero-order valence-corrected chi connectivity index (χ0v) is 15.9. The maximum Gasteiger partial charge on any atom is 0.275 e. The summed E-state index contributed by atoms with van der Waals surface area (Å²) in [4.78, 5) is 34.4.